The normalized spacial score (nSPS) is 14.2. The van der Waals surface area contributed by atoms with Gasteiger partial charge in [0.05, 0.1) is 0 Å². The largest absolute Gasteiger partial charge is 0.391 e. The highest BCUT2D eigenvalue weighted by Crippen LogP contribution is 2.05. The Morgan fingerprint density at radius 2 is 2.17 bits per heavy atom. The van der Waals surface area contributed by atoms with E-state index in [0.717, 1.165) is 0 Å². The predicted octanol–water partition coefficient (Wildman–Crippen LogP) is 0.966. The van der Waals surface area contributed by atoms with Gasteiger partial charge in [-0.1, -0.05) is 6.08 Å². The van der Waals surface area contributed by atoms with Gasteiger partial charge >= 0.3 is 0 Å². The van der Waals surface area contributed by atoms with Crippen LogP contribution in [0.3, 0.4) is 0 Å². The SMILES string of the molecule is C\C=C/C(N)=N\C(C#N)=C(/N)Br. The molecule has 0 aromatic rings. The molecule has 0 amide bonds. The number of hydrogen-bond acceptors (Lipinski definition) is 3. The third kappa shape index (κ3) is 3.78. The summed E-state index contributed by atoms with van der Waals surface area (Å²) in [6.07, 6.45) is 3.30. The van der Waals surface area contributed by atoms with Gasteiger partial charge in [0.25, 0.3) is 0 Å². The molecule has 0 aliphatic rings. The average molecular weight is 229 g/mol. The summed E-state index contributed by atoms with van der Waals surface area (Å²) < 4.78 is 0.178. The molecule has 0 saturated carbocycles. The lowest BCUT2D eigenvalue weighted by atomic mass is 10.4. The van der Waals surface area contributed by atoms with Gasteiger partial charge in [-0.25, -0.2) is 4.99 Å². The third-order valence-corrected chi connectivity index (χ3v) is 1.29. The lowest BCUT2D eigenvalue weighted by molar-refractivity contribution is 1.31. The number of halogens is 1. The van der Waals surface area contributed by atoms with Crippen molar-refractivity contribution in [3.63, 3.8) is 0 Å². The maximum Gasteiger partial charge on any atom is 0.172 e. The van der Waals surface area contributed by atoms with Crippen LogP contribution >= 0.6 is 15.9 Å². The van der Waals surface area contributed by atoms with Crippen LogP contribution < -0.4 is 11.5 Å². The summed E-state index contributed by atoms with van der Waals surface area (Å²) in [5, 5.41) is 8.51. The van der Waals surface area contributed by atoms with Gasteiger partial charge in [-0.15, -0.1) is 0 Å². The van der Waals surface area contributed by atoms with Crippen molar-refractivity contribution < 1.29 is 0 Å². The van der Waals surface area contributed by atoms with E-state index in [4.69, 9.17) is 16.7 Å². The first-order valence-electron chi connectivity index (χ1n) is 3.14. The molecule has 0 aliphatic heterocycles. The van der Waals surface area contributed by atoms with Crippen molar-refractivity contribution in [2.75, 3.05) is 0 Å². The monoisotopic (exact) mass is 228 g/mol. The van der Waals surface area contributed by atoms with Crippen molar-refractivity contribution in [2.45, 2.75) is 6.92 Å². The summed E-state index contributed by atoms with van der Waals surface area (Å²) in [5.74, 6) is 0.247. The Balaban J connectivity index is 4.75. The molecule has 0 saturated heterocycles. The second-order valence-corrected chi connectivity index (χ2v) is 2.70. The summed E-state index contributed by atoms with van der Waals surface area (Å²) in [6.45, 7) is 1.80. The van der Waals surface area contributed by atoms with Crippen molar-refractivity contribution in [3.05, 3.63) is 22.5 Å². The molecule has 12 heavy (non-hydrogen) atoms. The van der Waals surface area contributed by atoms with Crippen LogP contribution in [0.1, 0.15) is 6.92 Å². The van der Waals surface area contributed by atoms with E-state index >= 15 is 0 Å². The minimum atomic E-state index is 0.0746. The van der Waals surface area contributed by atoms with Crippen LogP contribution in [-0.4, -0.2) is 5.84 Å². The fourth-order valence-electron chi connectivity index (χ4n) is 0.469. The molecular formula is C7H9BrN4. The average Bonchev–Trinajstić information content (AvgIpc) is 2.00. The zero-order valence-corrected chi connectivity index (χ0v) is 8.17. The second kappa shape index (κ2) is 5.38. The summed E-state index contributed by atoms with van der Waals surface area (Å²) >= 11 is 2.93. The first-order valence-corrected chi connectivity index (χ1v) is 3.93. The van der Waals surface area contributed by atoms with Crippen molar-refractivity contribution in [1.29, 1.82) is 5.26 Å². The number of hydrogen-bond donors (Lipinski definition) is 2. The van der Waals surface area contributed by atoms with Crippen LogP contribution in [0, 0.1) is 11.3 Å². The molecule has 4 N–H and O–H groups in total. The number of amidine groups is 1. The molecule has 0 radical (unpaired) electrons. The molecule has 0 aromatic heterocycles. The topological polar surface area (TPSA) is 88.2 Å². The van der Waals surface area contributed by atoms with Crippen molar-refractivity contribution in [2.24, 2.45) is 16.5 Å². The zero-order chi connectivity index (χ0) is 9.56. The lowest BCUT2D eigenvalue weighted by Crippen LogP contribution is -2.08. The van der Waals surface area contributed by atoms with Gasteiger partial charge in [0, 0.05) is 0 Å². The van der Waals surface area contributed by atoms with Crippen molar-refractivity contribution in [1.82, 2.24) is 0 Å². The Morgan fingerprint density at radius 3 is 2.50 bits per heavy atom. The molecule has 4 nitrogen and oxygen atoms in total. The van der Waals surface area contributed by atoms with Gasteiger partial charge in [0.1, 0.15) is 16.5 Å². The number of aliphatic imine (C=N–C) groups is 1. The number of allylic oxidation sites excluding steroid dienone is 2. The summed E-state index contributed by atoms with van der Waals surface area (Å²) in [6, 6.07) is 1.80. The number of nitriles is 1. The standard InChI is InChI=1S/C7H9BrN4/c1-2-3-6(10)12-5(4-9)7(8)11/h2-3H,11H2,1H3,(H2,10,12)/b3-2-,7-5-. The smallest absolute Gasteiger partial charge is 0.172 e. The highest BCUT2D eigenvalue weighted by Gasteiger charge is 1.96. The van der Waals surface area contributed by atoms with Crippen LogP contribution in [0.4, 0.5) is 0 Å². The van der Waals surface area contributed by atoms with E-state index in [0.29, 0.717) is 0 Å². The molecule has 0 unspecified atom stereocenters. The molecule has 0 fully saturated rings. The van der Waals surface area contributed by atoms with Gasteiger partial charge in [0.15, 0.2) is 5.70 Å². The molecular weight excluding hydrogens is 220 g/mol. The molecule has 64 valence electrons. The van der Waals surface area contributed by atoms with Crippen LogP contribution in [0.25, 0.3) is 0 Å². The van der Waals surface area contributed by atoms with Gasteiger partial charge < -0.3 is 11.5 Å². The van der Waals surface area contributed by atoms with Crippen molar-refractivity contribution in [3.8, 4) is 6.07 Å². The molecule has 0 spiro atoms. The fraction of sp³-hybridized carbons (Fsp3) is 0.143. The highest BCUT2D eigenvalue weighted by molar-refractivity contribution is 9.11. The Hall–Kier alpha value is -1.28. The second-order valence-electron chi connectivity index (χ2n) is 1.85. The lowest BCUT2D eigenvalue weighted by Gasteiger charge is -1.92. The molecule has 0 aromatic carbocycles. The third-order valence-electron chi connectivity index (χ3n) is 0.910. The molecule has 0 bridgehead atoms. The van der Waals surface area contributed by atoms with Gasteiger partial charge in [-0.2, -0.15) is 5.26 Å². The molecule has 0 rings (SSSR count). The van der Waals surface area contributed by atoms with Crippen LogP contribution in [0.15, 0.2) is 27.4 Å². The molecule has 0 aliphatic carbocycles. The Labute approximate surface area is 79.4 Å². The zero-order valence-electron chi connectivity index (χ0n) is 6.58. The summed E-state index contributed by atoms with van der Waals surface area (Å²) in [5.41, 5.74) is 10.8. The van der Waals surface area contributed by atoms with E-state index in [2.05, 4.69) is 20.9 Å². The van der Waals surface area contributed by atoms with E-state index in [1.54, 1.807) is 25.1 Å². The van der Waals surface area contributed by atoms with E-state index < -0.39 is 0 Å². The maximum atomic E-state index is 8.51. The first kappa shape index (κ1) is 10.7. The van der Waals surface area contributed by atoms with Gasteiger partial charge in [-0.3, -0.25) is 0 Å². The van der Waals surface area contributed by atoms with Crippen LogP contribution in [0.5, 0.6) is 0 Å². The molecule has 5 heteroatoms. The maximum absolute atomic E-state index is 8.51. The number of nitrogens with zero attached hydrogens (tertiary/aromatic N) is 2. The summed E-state index contributed by atoms with van der Waals surface area (Å²) in [7, 11) is 0. The van der Waals surface area contributed by atoms with E-state index in [-0.39, 0.29) is 16.1 Å². The van der Waals surface area contributed by atoms with Crippen molar-refractivity contribution >= 4 is 21.8 Å². The van der Waals surface area contributed by atoms with E-state index in [1.165, 1.54) is 0 Å². The number of rotatable bonds is 2. The Kier molecular flexibility index (Phi) is 4.81. The molecule has 0 heterocycles. The predicted molar refractivity (Wildman–Crippen MR) is 52.2 cm³/mol. The highest BCUT2D eigenvalue weighted by atomic mass is 79.9. The van der Waals surface area contributed by atoms with Gasteiger partial charge in [-0.05, 0) is 28.9 Å². The van der Waals surface area contributed by atoms with E-state index in [9.17, 15) is 0 Å². The van der Waals surface area contributed by atoms with Crippen LogP contribution in [0.2, 0.25) is 0 Å². The van der Waals surface area contributed by atoms with Gasteiger partial charge in [0.2, 0.25) is 0 Å². The minimum absolute atomic E-state index is 0.0746. The fourth-order valence-corrected chi connectivity index (χ4v) is 0.646. The minimum Gasteiger partial charge on any atom is -0.391 e. The summed E-state index contributed by atoms with van der Waals surface area (Å²) in [4.78, 5) is 3.74. The Morgan fingerprint density at radius 1 is 1.58 bits per heavy atom. The number of nitrogens with two attached hydrogens (primary N) is 2. The quantitative estimate of drug-likeness (QED) is 0.320. The first-order chi connectivity index (χ1) is 5.61. The van der Waals surface area contributed by atoms with Crippen LogP contribution in [-0.2, 0) is 0 Å². The Bertz CT molecular complexity index is 278. The molecule has 0 atom stereocenters. The van der Waals surface area contributed by atoms with E-state index in [1.807, 2.05) is 0 Å².